The molecule has 168 valence electrons. The number of nitrogens with zero attached hydrogens (tertiary/aromatic N) is 4. The van der Waals surface area contributed by atoms with E-state index in [1.807, 2.05) is 0 Å². The van der Waals surface area contributed by atoms with Gasteiger partial charge in [0.15, 0.2) is 17.4 Å². The minimum Gasteiger partial charge on any atom is -0.482 e. The van der Waals surface area contributed by atoms with Gasteiger partial charge in [0.25, 0.3) is 0 Å². The van der Waals surface area contributed by atoms with E-state index in [1.54, 1.807) is 36.4 Å². The summed E-state index contributed by atoms with van der Waals surface area (Å²) in [5.74, 6) is 5.06. The summed E-state index contributed by atoms with van der Waals surface area (Å²) in [7, 11) is 1.51. The van der Waals surface area contributed by atoms with Crippen molar-refractivity contribution in [1.82, 2.24) is 19.8 Å². The number of halogens is 2. The van der Waals surface area contributed by atoms with Gasteiger partial charge in [-0.25, -0.2) is 9.07 Å². The van der Waals surface area contributed by atoms with Gasteiger partial charge in [-0.3, -0.25) is 9.59 Å². The third-order valence-electron chi connectivity index (χ3n) is 4.21. The molecular formula is C20H20ClFN6O3S. The van der Waals surface area contributed by atoms with Crippen molar-refractivity contribution in [3.8, 4) is 5.75 Å². The van der Waals surface area contributed by atoms with Crippen LogP contribution in [-0.2, 0) is 16.2 Å². The van der Waals surface area contributed by atoms with E-state index in [0.29, 0.717) is 10.7 Å². The van der Waals surface area contributed by atoms with Crippen LogP contribution in [0, 0.1) is 5.82 Å². The van der Waals surface area contributed by atoms with Crippen molar-refractivity contribution < 1.29 is 18.7 Å². The lowest BCUT2D eigenvalue weighted by molar-refractivity contribution is -0.131. The summed E-state index contributed by atoms with van der Waals surface area (Å²) in [5, 5.41) is 11.2. The Kier molecular flexibility index (Phi) is 7.90. The molecule has 3 N–H and O–H groups in total. The number of nitrogens with two attached hydrogens (primary N) is 1. The van der Waals surface area contributed by atoms with E-state index in [-0.39, 0.29) is 47.4 Å². The highest BCUT2D eigenvalue weighted by atomic mass is 35.5. The molecular weight excluding hydrogens is 459 g/mol. The zero-order valence-corrected chi connectivity index (χ0v) is 18.6. The third kappa shape index (κ3) is 6.11. The number of aromatic nitrogens is 3. The highest BCUT2D eigenvalue weighted by molar-refractivity contribution is 7.99. The topological polar surface area (TPSA) is 115 Å². The average Bonchev–Trinajstić information content (AvgIpc) is 3.12. The molecule has 3 rings (SSSR count). The van der Waals surface area contributed by atoms with Crippen LogP contribution in [-0.4, -0.2) is 50.9 Å². The molecule has 0 saturated heterocycles. The Hall–Kier alpha value is -3.31. The molecule has 0 radical (unpaired) electrons. The highest BCUT2D eigenvalue weighted by Crippen LogP contribution is 2.21. The van der Waals surface area contributed by atoms with Crippen LogP contribution in [0.3, 0.4) is 0 Å². The molecule has 32 heavy (non-hydrogen) atoms. The van der Waals surface area contributed by atoms with E-state index >= 15 is 0 Å². The van der Waals surface area contributed by atoms with Crippen LogP contribution in [0.15, 0.2) is 53.7 Å². The molecule has 0 fully saturated rings. The van der Waals surface area contributed by atoms with Crippen LogP contribution in [0.5, 0.6) is 5.75 Å². The summed E-state index contributed by atoms with van der Waals surface area (Å²) in [4.78, 5) is 25.8. The summed E-state index contributed by atoms with van der Waals surface area (Å²) in [5.41, 5.74) is 0.468. The van der Waals surface area contributed by atoms with Crippen molar-refractivity contribution in [3.05, 3.63) is 65.2 Å². The molecule has 0 atom stereocenters. The first kappa shape index (κ1) is 23.4. The first-order valence-electron chi connectivity index (χ1n) is 9.33. The molecule has 0 unspecified atom stereocenters. The van der Waals surface area contributed by atoms with Crippen LogP contribution in [0.25, 0.3) is 0 Å². The molecule has 0 saturated carbocycles. The Labute approximate surface area is 192 Å². The van der Waals surface area contributed by atoms with E-state index in [1.165, 1.54) is 28.8 Å². The summed E-state index contributed by atoms with van der Waals surface area (Å²) in [6.45, 7) is -0.247. The summed E-state index contributed by atoms with van der Waals surface area (Å²) in [6, 6.07) is 12.8. The van der Waals surface area contributed by atoms with Crippen LogP contribution < -0.4 is 15.9 Å². The van der Waals surface area contributed by atoms with Gasteiger partial charge in [0.05, 0.1) is 23.0 Å². The van der Waals surface area contributed by atoms with Crippen LogP contribution in [0.2, 0.25) is 5.02 Å². The smallest absolute Gasteiger partial charge is 0.244 e. The van der Waals surface area contributed by atoms with E-state index in [4.69, 9.17) is 22.2 Å². The van der Waals surface area contributed by atoms with E-state index in [9.17, 15) is 14.0 Å². The monoisotopic (exact) mass is 478 g/mol. The number of nitrogen functional groups attached to an aromatic ring is 1. The number of amides is 2. The zero-order valence-electron chi connectivity index (χ0n) is 17.0. The number of likely N-dealkylation sites (N-methyl/N-ethyl adjacent to an activating group) is 1. The van der Waals surface area contributed by atoms with Gasteiger partial charge in [0.2, 0.25) is 17.0 Å². The van der Waals surface area contributed by atoms with Crippen molar-refractivity contribution in [2.75, 3.05) is 30.5 Å². The molecule has 0 aliphatic rings. The quantitative estimate of drug-likeness (QED) is 0.358. The Bertz CT molecular complexity index is 1110. The second-order valence-corrected chi connectivity index (χ2v) is 7.90. The van der Waals surface area contributed by atoms with Gasteiger partial charge in [-0.05, 0) is 24.3 Å². The molecule has 0 bridgehead atoms. The van der Waals surface area contributed by atoms with Crippen LogP contribution in [0.1, 0.15) is 5.82 Å². The van der Waals surface area contributed by atoms with Crippen molar-refractivity contribution >= 4 is 40.9 Å². The molecule has 0 aliphatic heterocycles. The third-order valence-corrected chi connectivity index (χ3v) is 5.47. The van der Waals surface area contributed by atoms with Gasteiger partial charge in [-0.2, -0.15) is 0 Å². The van der Waals surface area contributed by atoms with Gasteiger partial charge < -0.3 is 20.8 Å². The van der Waals surface area contributed by atoms with Crippen molar-refractivity contribution in [2.45, 2.75) is 11.8 Å². The Morgan fingerprint density at radius 2 is 1.94 bits per heavy atom. The molecule has 12 heteroatoms. The number of thioether (sulfide) groups is 1. The number of hydrogen-bond donors (Lipinski definition) is 2. The first-order valence-corrected chi connectivity index (χ1v) is 10.7. The van der Waals surface area contributed by atoms with Gasteiger partial charge >= 0.3 is 0 Å². The lowest BCUT2D eigenvalue weighted by atomic mass is 10.3. The maximum Gasteiger partial charge on any atom is 0.244 e. The van der Waals surface area contributed by atoms with Crippen molar-refractivity contribution in [3.63, 3.8) is 0 Å². The average molecular weight is 479 g/mol. The SMILES string of the molecule is CN(CC(=O)Nc1ccccc1Cl)C(=O)CSc1nnc(COc2ccccc2F)n1N. The minimum absolute atomic E-state index is 0.0145. The Morgan fingerprint density at radius 3 is 2.69 bits per heavy atom. The second kappa shape index (κ2) is 10.8. The highest BCUT2D eigenvalue weighted by Gasteiger charge is 2.17. The summed E-state index contributed by atoms with van der Waals surface area (Å²) in [6.07, 6.45) is 0. The lowest BCUT2D eigenvalue weighted by Gasteiger charge is -2.16. The Balaban J connectivity index is 1.48. The number of carbonyl (C=O) groups is 2. The maximum absolute atomic E-state index is 13.6. The molecule has 1 heterocycles. The molecule has 9 nitrogen and oxygen atoms in total. The summed E-state index contributed by atoms with van der Waals surface area (Å²) < 4.78 is 20.2. The molecule has 2 aromatic carbocycles. The predicted molar refractivity (Wildman–Crippen MR) is 119 cm³/mol. The largest absolute Gasteiger partial charge is 0.482 e. The molecule has 0 spiro atoms. The number of hydrogen-bond acceptors (Lipinski definition) is 7. The normalized spacial score (nSPS) is 10.6. The van der Waals surface area contributed by atoms with E-state index < -0.39 is 5.82 Å². The fourth-order valence-electron chi connectivity index (χ4n) is 2.50. The predicted octanol–water partition coefficient (Wildman–Crippen LogP) is 2.55. The Morgan fingerprint density at radius 1 is 1.22 bits per heavy atom. The zero-order chi connectivity index (χ0) is 23.1. The molecule has 0 aliphatic carbocycles. The van der Waals surface area contributed by atoms with Gasteiger partial charge in [-0.15, -0.1) is 10.2 Å². The standard InChI is InChI=1S/C20H20ClFN6O3S/c1-27(10-18(29)24-15-8-4-2-6-13(15)21)19(30)12-32-20-26-25-17(28(20)23)11-31-16-9-5-3-7-14(16)22/h2-9H,10-12,23H2,1H3,(H,24,29). The second-order valence-electron chi connectivity index (χ2n) is 6.55. The number of benzene rings is 2. The lowest BCUT2D eigenvalue weighted by Crippen LogP contribution is -2.36. The minimum atomic E-state index is -0.502. The van der Waals surface area contributed by atoms with Crippen molar-refractivity contribution in [1.29, 1.82) is 0 Å². The number of anilines is 1. The number of para-hydroxylation sites is 2. The van der Waals surface area contributed by atoms with E-state index in [2.05, 4.69) is 15.5 Å². The fraction of sp³-hybridized carbons (Fsp3) is 0.200. The molecule has 2 amide bonds. The van der Waals surface area contributed by atoms with E-state index in [0.717, 1.165) is 11.8 Å². The first-order chi connectivity index (χ1) is 15.3. The number of rotatable bonds is 9. The van der Waals surface area contributed by atoms with Crippen LogP contribution >= 0.6 is 23.4 Å². The number of nitrogens with one attached hydrogen (secondary N) is 1. The fourth-order valence-corrected chi connectivity index (χ4v) is 3.50. The van der Waals surface area contributed by atoms with Crippen LogP contribution in [0.4, 0.5) is 10.1 Å². The maximum atomic E-state index is 13.6. The van der Waals surface area contributed by atoms with Gasteiger partial charge in [-0.1, -0.05) is 47.6 Å². The molecule has 3 aromatic rings. The summed E-state index contributed by atoms with van der Waals surface area (Å²) >= 11 is 7.07. The van der Waals surface area contributed by atoms with Crippen molar-refractivity contribution in [2.24, 2.45) is 0 Å². The van der Waals surface area contributed by atoms with Gasteiger partial charge in [0, 0.05) is 7.05 Å². The number of carbonyl (C=O) groups excluding carboxylic acids is 2. The number of ether oxygens (including phenoxy) is 1. The van der Waals surface area contributed by atoms with Gasteiger partial charge in [0.1, 0.15) is 6.61 Å². The molecule has 1 aromatic heterocycles.